The van der Waals surface area contributed by atoms with Gasteiger partial charge in [-0.2, -0.15) is 10.2 Å². The summed E-state index contributed by atoms with van der Waals surface area (Å²) >= 11 is 0. The molecule has 0 spiro atoms. The number of fused-ring (bicyclic) bond motifs is 1. The van der Waals surface area contributed by atoms with Crippen LogP contribution in [0.4, 0.5) is 4.39 Å². The van der Waals surface area contributed by atoms with E-state index in [1.807, 2.05) is 30.3 Å². The van der Waals surface area contributed by atoms with Gasteiger partial charge in [0, 0.05) is 11.3 Å². The number of carbonyl (C=O) groups is 1. The molecule has 1 amide bonds. The highest BCUT2D eigenvalue weighted by molar-refractivity contribution is 5.93. The van der Waals surface area contributed by atoms with Crippen LogP contribution in [0, 0.1) is 5.82 Å². The summed E-state index contributed by atoms with van der Waals surface area (Å²) in [6.07, 6.45) is 5.83. The molecule has 2 aromatic heterocycles. The maximum absolute atomic E-state index is 14.3. The molecule has 1 aliphatic rings. The maximum Gasteiger partial charge on any atom is 0.270 e. The predicted octanol–water partition coefficient (Wildman–Crippen LogP) is 4.00. The number of carbonyl (C=O) groups excluding carboxylic acids is 1. The first-order valence-corrected chi connectivity index (χ1v) is 9.94. The highest BCUT2D eigenvalue weighted by atomic mass is 19.1. The maximum atomic E-state index is 14.3. The van der Waals surface area contributed by atoms with E-state index in [1.54, 1.807) is 46.0 Å². The number of benzene rings is 2. The SMILES string of the molecule is O=C(NC1CCCc2c1cnn2-c1ccccc1F)c1ccnn1-c1ccccc1. The van der Waals surface area contributed by atoms with E-state index in [1.165, 1.54) is 6.07 Å². The lowest BCUT2D eigenvalue weighted by molar-refractivity contribution is 0.0924. The Hall–Kier alpha value is -3.74. The largest absolute Gasteiger partial charge is 0.344 e. The van der Waals surface area contributed by atoms with Gasteiger partial charge in [-0.15, -0.1) is 0 Å². The molecule has 0 radical (unpaired) electrons. The van der Waals surface area contributed by atoms with E-state index in [2.05, 4.69) is 15.5 Å². The fourth-order valence-corrected chi connectivity index (χ4v) is 4.02. The van der Waals surface area contributed by atoms with Crippen LogP contribution in [0.15, 0.2) is 73.1 Å². The second-order valence-electron chi connectivity index (χ2n) is 7.29. The molecule has 4 aromatic rings. The first-order chi connectivity index (χ1) is 14.7. The third-order valence-electron chi connectivity index (χ3n) is 5.45. The molecule has 0 bridgehead atoms. The summed E-state index contributed by atoms with van der Waals surface area (Å²) < 4.78 is 17.6. The number of aromatic nitrogens is 4. The molecule has 30 heavy (non-hydrogen) atoms. The van der Waals surface area contributed by atoms with Gasteiger partial charge in [0.2, 0.25) is 0 Å². The third kappa shape index (κ3) is 3.18. The molecule has 1 aliphatic carbocycles. The van der Waals surface area contributed by atoms with Gasteiger partial charge < -0.3 is 5.32 Å². The number of nitrogens with zero attached hydrogens (tertiary/aromatic N) is 4. The van der Waals surface area contributed by atoms with Gasteiger partial charge in [0.1, 0.15) is 17.2 Å². The molecule has 0 aliphatic heterocycles. The monoisotopic (exact) mass is 401 g/mol. The lowest BCUT2D eigenvalue weighted by Crippen LogP contribution is -2.32. The minimum absolute atomic E-state index is 0.180. The van der Waals surface area contributed by atoms with E-state index in [9.17, 15) is 9.18 Å². The first kappa shape index (κ1) is 18.3. The number of hydrogen-bond acceptors (Lipinski definition) is 3. The standard InChI is InChI=1S/C23H20FN5O/c24-18-9-4-5-11-21(18)29-20-12-6-10-19(17(20)15-26-29)27-23(30)22-13-14-25-28(22)16-7-2-1-3-8-16/h1-5,7-9,11,13-15,19H,6,10,12H2,(H,27,30). The van der Waals surface area contributed by atoms with Crippen molar-refractivity contribution in [3.05, 3.63) is 95.8 Å². The summed E-state index contributed by atoms with van der Waals surface area (Å²) in [5, 5.41) is 11.8. The molecular weight excluding hydrogens is 381 g/mol. The minimum Gasteiger partial charge on any atom is -0.344 e. The zero-order valence-electron chi connectivity index (χ0n) is 16.2. The number of amides is 1. The molecular formula is C23H20FN5O. The first-order valence-electron chi connectivity index (χ1n) is 9.94. The quantitative estimate of drug-likeness (QED) is 0.562. The molecule has 0 saturated heterocycles. The van der Waals surface area contributed by atoms with E-state index in [4.69, 9.17) is 0 Å². The second-order valence-corrected chi connectivity index (χ2v) is 7.29. The molecule has 1 unspecified atom stereocenters. The van der Waals surface area contributed by atoms with E-state index in [0.29, 0.717) is 11.4 Å². The summed E-state index contributed by atoms with van der Waals surface area (Å²) in [5.41, 5.74) is 3.59. The van der Waals surface area contributed by atoms with Crippen molar-refractivity contribution in [2.45, 2.75) is 25.3 Å². The number of halogens is 1. The Bertz CT molecular complexity index is 1200. The highest BCUT2D eigenvalue weighted by Gasteiger charge is 2.28. The van der Waals surface area contributed by atoms with Crippen LogP contribution < -0.4 is 5.32 Å². The van der Waals surface area contributed by atoms with Gasteiger partial charge in [-0.1, -0.05) is 30.3 Å². The van der Waals surface area contributed by atoms with E-state index >= 15 is 0 Å². The van der Waals surface area contributed by atoms with E-state index in [0.717, 1.165) is 36.2 Å². The highest BCUT2D eigenvalue weighted by Crippen LogP contribution is 2.31. The molecule has 1 atom stereocenters. The normalized spacial score (nSPS) is 15.6. The molecule has 150 valence electrons. The van der Waals surface area contributed by atoms with Gasteiger partial charge in [-0.25, -0.2) is 13.8 Å². The second kappa shape index (κ2) is 7.59. The van der Waals surface area contributed by atoms with E-state index in [-0.39, 0.29) is 17.8 Å². The van der Waals surface area contributed by atoms with Crippen molar-refractivity contribution >= 4 is 5.91 Å². The van der Waals surface area contributed by atoms with Crippen molar-refractivity contribution in [1.82, 2.24) is 24.9 Å². The van der Waals surface area contributed by atoms with Crippen LogP contribution in [-0.4, -0.2) is 25.5 Å². The third-order valence-corrected chi connectivity index (χ3v) is 5.45. The molecule has 2 heterocycles. The lowest BCUT2D eigenvalue weighted by Gasteiger charge is -2.24. The van der Waals surface area contributed by atoms with Crippen molar-refractivity contribution in [2.75, 3.05) is 0 Å². The van der Waals surface area contributed by atoms with Crippen LogP contribution in [0.25, 0.3) is 11.4 Å². The number of para-hydroxylation sites is 2. The summed E-state index contributed by atoms with van der Waals surface area (Å²) in [4.78, 5) is 13.0. The summed E-state index contributed by atoms with van der Waals surface area (Å²) in [6.45, 7) is 0. The Morgan fingerprint density at radius 3 is 2.63 bits per heavy atom. The number of hydrogen-bond donors (Lipinski definition) is 1. The van der Waals surface area contributed by atoms with Crippen LogP contribution in [0.5, 0.6) is 0 Å². The van der Waals surface area contributed by atoms with Crippen LogP contribution in [0.3, 0.4) is 0 Å². The summed E-state index contributed by atoms with van der Waals surface area (Å²) in [5.74, 6) is -0.519. The van der Waals surface area contributed by atoms with Gasteiger partial charge in [0.05, 0.1) is 24.1 Å². The predicted molar refractivity (Wildman–Crippen MR) is 110 cm³/mol. The molecule has 1 N–H and O–H groups in total. The average Bonchev–Trinajstić information content (AvgIpc) is 3.43. The Balaban J connectivity index is 1.43. The molecule has 0 saturated carbocycles. The zero-order valence-corrected chi connectivity index (χ0v) is 16.2. The summed E-state index contributed by atoms with van der Waals surface area (Å²) in [7, 11) is 0. The van der Waals surface area contributed by atoms with Crippen molar-refractivity contribution in [1.29, 1.82) is 0 Å². The minimum atomic E-state index is -0.318. The topological polar surface area (TPSA) is 64.7 Å². The van der Waals surface area contributed by atoms with Crippen LogP contribution in [-0.2, 0) is 6.42 Å². The number of nitrogens with one attached hydrogen (secondary N) is 1. The Morgan fingerprint density at radius 2 is 1.80 bits per heavy atom. The van der Waals surface area contributed by atoms with Gasteiger partial charge in [0.15, 0.2) is 0 Å². The molecule has 2 aromatic carbocycles. The Labute approximate surface area is 173 Å². The lowest BCUT2D eigenvalue weighted by atomic mass is 9.92. The Kier molecular flexibility index (Phi) is 4.63. The number of rotatable bonds is 4. The van der Waals surface area contributed by atoms with Gasteiger partial charge in [-0.05, 0) is 49.6 Å². The van der Waals surface area contributed by atoms with Crippen LogP contribution in [0.2, 0.25) is 0 Å². The van der Waals surface area contributed by atoms with Crippen molar-refractivity contribution in [3.8, 4) is 11.4 Å². The summed E-state index contributed by atoms with van der Waals surface area (Å²) in [6, 6.07) is 17.7. The van der Waals surface area contributed by atoms with Crippen LogP contribution in [0.1, 0.15) is 40.6 Å². The van der Waals surface area contributed by atoms with Crippen molar-refractivity contribution in [3.63, 3.8) is 0 Å². The molecule has 5 rings (SSSR count). The zero-order chi connectivity index (χ0) is 20.5. The molecule has 0 fully saturated rings. The average molecular weight is 401 g/mol. The van der Waals surface area contributed by atoms with Gasteiger partial charge >= 0.3 is 0 Å². The molecule has 7 heteroatoms. The van der Waals surface area contributed by atoms with Crippen LogP contribution >= 0.6 is 0 Å². The fourth-order valence-electron chi connectivity index (χ4n) is 4.02. The Morgan fingerprint density at radius 1 is 1.00 bits per heavy atom. The van der Waals surface area contributed by atoms with Gasteiger partial charge in [0.25, 0.3) is 5.91 Å². The smallest absolute Gasteiger partial charge is 0.270 e. The van der Waals surface area contributed by atoms with E-state index < -0.39 is 0 Å². The van der Waals surface area contributed by atoms with Crippen molar-refractivity contribution < 1.29 is 9.18 Å². The molecule has 6 nitrogen and oxygen atoms in total. The van der Waals surface area contributed by atoms with Gasteiger partial charge in [-0.3, -0.25) is 4.79 Å². The fraction of sp³-hybridized carbons (Fsp3) is 0.174. The van der Waals surface area contributed by atoms with Crippen molar-refractivity contribution in [2.24, 2.45) is 0 Å².